The van der Waals surface area contributed by atoms with Gasteiger partial charge in [-0.2, -0.15) is 5.26 Å². The number of ketones is 1. The van der Waals surface area contributed by atoms with E-state index in [9.17, 15) is 25.2 Å². The summed E-state index contributed by atoms with van der Waals surface area (Å²) in [5, 5.41) is 52.8. The maximum atomic E-state index is 11.6. The van der Waals surface area contributed by atoms with E-state index in [0.717, 1.165) is 173 Å². The molecule has 2 aliphatic carbocycles. The summed E-state index contributed by atoms with van der Waals surface area (Å²) in [4.78, 5) is 34.1. The number of pyridine rings is 5. The molecular formula is C125H183CoI4N10O5-. The monoisotopic (exact) mass is 2470 g/mol. The van der Waals surface area contributed by atoms with E-state index in [0.29, 0.717) is 46.7 Å². The van der Waals surface area contributed by atoms with Crippen LogP contribution in [-0.2, 0) is 74.8 Å². The first kappa shape index (κ1) is 134. The van der Waals surface area contributed by atoms with Gasteiger partial charge in [-0.15, -0.1) is 0 Å². The number of hydrogen-bond donors (Lipinski definition) is 4. The SMILES string of the molecule is CC(=O)C#N.CC(C)(C)c1ccncc1.Cc1cc(C(CCCI)CCCI)cc(C=NC2CCCCC2N=Cc2cc(C(CCCI)CCCI)cc(C)c2O)c1O.Cc1cc(C(CCC[n+]2ccc(C(C)(C)C)cc2)CCC[n+]2ccc(C(C)(C)C)cc2)cc(C=NC2CCCCC2N=Cc2cc(C(CCC[n+]3ccc(C(C)(C)C)cc3)CCC[n+]3ccc(C(C)(C)C)cc3)cc(C)c2O)c1O.[CH3-].[CH3-].[CH3-].[CH3-].[CH3-].[Co]. The van der Waals surface area contributed by atoms with Gasteiger partial charge in [0.2, 0.25) is 5.78 Å². The van der Waals surface area contributed by atoms with E-state index >= 15 is 0 Å². The van der Waals surface area contributed by atoms with Gasteiger partial charge in [-0.3, -0.25) is 29.7 Å². The number of phenolic OH excluding ortho intramolecular Hbond substituents is 4. The van der Waals surface area contributed by atoms with E-state index in [2.05, 4.69) is 376 Å². The summed E-state index contributed by atoms with van der Waals surface area (Å²) < 4.78 is 14.0. The Bertz CT molecular complexity index is 4970. The average molecular weight is 2470 g/mol. The summed E-state index contributed by atoms with van der Waals surface area (Å²) >= 11 is 9.90. The van der Waals surface area contributed by atoms with Crippen LogP contribution in [0.15, 0.2) is 191 Å². The minimum absolute atomic E-state index is 0. The van der Waals surface area contributed by atoms with Gasteiger partial charge in [0.25, 0.3) is 0 Å². The van der Waals surface area contributed by atoms with E-state index in [-0.39, 0.29) is 105 Å². The molecule has 145 heavy (non-hydrogen) atoms. The molecule has 0 saturated heterocycles. The van der Waals surface area contributed by atoms with Gasteiger partial charge in [-0.1, -0.05) is 244 Å². The number of halogens is 4. The third-order valence-electron chi connectivity index (χ3n) is 27.7. The van der Waals surface area contributed by atoms with Gasteiger partial charge in [0.1, 0.15) is 55.2 Å². The number of aliphatic imine (C=N–C) groups is 4. The smallest absolute Gasteiger partial charge is 0.228 e. The zero-order valence-electron chi connectivity index (χ0n) is 93.2. The number of hydrogen-bond acceptors (Lipinski definition) is 11. The van der Waals surface area contributed by atoms with Crippen molar-refractivity contribution in [2.75, 3.05) is 17.7 Å². The zero-order valence-corrected chi connectivity index (χ0v) is 103. The minimum Gasteiger partial charge on any atom is -0.507 e. The summed E-state index contributed by atoms with van der Waals surface area (Å²) in [6.45, 7) is 46.9. The van der Waals surface area contributed by atoms with Crippen LogP contribution >= 0.6 is 90.4 Å². The van der Waals surface area contributed by atoms with Gasteiger partial charge in [-0.05, 0) is 308 Å². The molecule has 2 aliphatic rings. The standard InChI is InChI=1S/C72H100N6O2.C36H50I4N2O2.C9H13N.C3H3NO.5CH3.Co/c1-53-47-57(55(21-17-35-75-39-27-61(28-40-75)69(3,4)5)22-18-36-76-41-29-62(30-42-76)70(6,7)8)49-59(67(53)79)51-73-65-25-15-16-26-66(65)74-52-60-50-58(48-54(2)68(60)80)56(23-19-37-77-43-31-63(32-44-77)71(9,10)11)24-20-38-78-45-33-64(34-46-78)72(12,13)14;1-25-19-29(27(9-5-15-37)10-6-16-38)21-31(35(25)43)23-41-33-13-3-4-14-34(33)42-24-32-22-30(20-26(2)36(32)44)28(11-7-17-39)12-8-18-40;1-9(2,3)8-4-6-10-7-5-8;1-3(5)2-4;;;;;;/h27-34,39-52,55-56,65-66H,15-26,35-38H2,1-14H3;19-24,27-28,33-34,43-44H,3-18H2,1-2H3;4-7H,1-3H3;1H3;5*1H3;/q+2;;;;5*-1;/p+2. The number of aromatic hydroxyl groups is 4. The minimum atomic E-state index is -0.440. The second-order valence-corrected chi connectivity index (χ2v) is 48.5. The number of rotatable bonds is 40. The number of phenols is 4. The molecule has 4 aromatic carbocycles. The fourth-order valence-corrected chi connectivity index (χ4v) is 20.6. The molecule has 801 valence electrons. The van der Waals surface area contributed by atoms with Crippen molar-refractivity contribution in [3.63, 3.8) is 0 Å². The first-order valence-electron chi connectivity index (χ1n) is 51.5. The van der Waals surface area contributed by atoms with Crippen molar-refractivity contribution < 1.29 is 60.3 Å². The zero-order chi connectivity index (χ0) is 102. The van der Waals surface area contributed by atoms with Crippen molar-refractivity contribution in [2.24, 2.45) is 20.0 Å². The Labute approximate surface area is 945 Å². The number of Topliss-reactive ketones (excluding diaryl/α,β-unsaturated/α-hetero) is 1. The van der Waals surface area contributed by atoms with Crippen LogP contribution in [0.1, 0.15) is 383 Å². The molecule has 15 nitrogen and oxygen atoms in total. The third-order valence-corrected chi connectivity index (χ3v) is 30.7. The summed E-state index contributed by atoms with van der Waals surface area (Å²) in [7, 11) is 0. The van der Waals surface area contributed by atoms with Crippen molar-refractivity contribution in [3.05, 3.63) is 303 Å². The van der Waals surface area contributed by atoms with Crippen LogP contribution in [0.2, 0.25) is 0 Å². The Morgan fingerprint density at radius 3 is 0.697 bits per heavy atom. The molecule has 2 saturated carbocycles. The molecule has 4 N–H and O–H groups in total. The molecule has 0 bridgehead atoms. The largest absolute Gasteiger partial charge is 0.507 e. The van der Waals surface area contributed by atoms with Crippen LogP contribution in [0, 0.1) is 76.2 Å². The second-order valence-electron chi connectivity index (χ2n) is 44.2. The molecule has 4 unspecified atom stereocenters. The molecule has 1 radical (unpaired) electrons. The second kappa shape index (κ2) is 66.7. The van der Waals surface area contributed by atoms with Gasteiger partial charge < -0.3 is 57.6 Å². The number of benzene rings is 4. The van der Waals surface area contributed by atoms with E-state index in [4.69, 9.17) is 25.2 Å². The van der Waals surface area contributed by atoms with E-state index in [1.165, 1.54) is 132 Å². The van der Waals surface area contributed by atoms with Crippen molar-refractivity contribution in [2.45, 2.75) is 394 Å². The molecule has 0 amide bonds. The molecule has 4 atom stereocenters. The van der Waals surface area contributed by atoms with E-state index in [1.54, 1.807) is 0 Å². The number of nitrogens with zero attached hydrogens (tertiary/aromatic N) is 10. The maximum Gasteiger partial charge on any atom is 0.228 e. The Hall–Kier alpha value is -6.90. The van der Waals surface area contributed by atoms with Crippen LogP contribution in [0.3, 0.4) is 0 Å². The number of carbonyl (C=O) groups is 1. The Kier molecular flexibility index (Phi) is 61.7. The van der Waals surface area contributed by atoms with Crippen LogP contribution in [0.4, 0.5) is 0 Å². The van der Waals surface area contributed by atoms with Crippen LogP contribution in [0.5, 0.6) is 23.0 Å². The molecule has 5 aromatic heterocycles. The van der Waals surface area contributed by atoms with Crippen LogP contribution < -0.4 is 18.3 Å². The molecule has 5 heterocycles. The van der Waals surface area contributed by atoms with Gasteiger partial charge in [0.15, 0.2) is 49.6 Å². The van der Waals surface area contributed by atoms with Gasteiger partial charge in [0, 0.05) is 157 Å². The fraction of sp³-hybridized carbons (Fsp3) is 0.520. The molecule has 9 aromatic rings. The van der Waals surface area contributed by atoms with E-state index < -0.39 is 5.78 Å². The predicted octanol–water partition coefficient (Wildman–Crippen LogP) is 31.3. The summed E-state index contributed by atoms with van der Waals surface area (Å²) in [6, 6.07) is 41.3. The van der Waals surface area contributed by atoms with Crippen molar-refractivity contribution in [1.82, 2.24) is 4.98 Å². The molecular weight excluding hydrogens is 2290 g/mol. The molecule has 2 fully saturated rings. The van der Waals surface area contributed by atoms with E-state index in [1.807, 2.05) is 64.9 Å². The first-order valence-corrected chi connectivity index (χ1v) is 57.6. The fourth-order valence-electron chi connectivity index (χ4n) is 18.8. The molecule has 0 spiro atoms. The summed E-state index contributed by atoms with van der Waals surface area (Å²) in [5.41, 5.74) is 19.5. The normalized spacial score (nSPS) is 15.0. The Balaban J connectivity index is 0.000000916. The number of nitriles is 1. The summed E-state index contributed by atoms with van der Waals surface area (Å²) in [6.07, 6.45) is 55.6. The molecule has 11 rings (SSSR count). The average Bonchev–Trinajstić information content (AvgIpc) is 0.822. The molecule has 20 heteroatoms. The maximum absolute atomic E-state index is 11.6. The van der Waals surface area contributed by atoms with Gasteiger partial charge >= 0.3 is 0 Å². The van der Waals surface area contributed by atoms with Crippen LogP contribution in [-0.4, -0.2) is 97.9 Å². The third kappa shape index (κ3) is 45.3. The Morgan fingerprint density at radius 1 is 0.352 bits per heavy atom. The number of aromatic nitrogens is 5. The first-order chi connectivity index (χ1) is 66.0. The number of alkyl halides is 4. The van der Waals surface area contributed by atoms with Gasteiger partial charge in [-0.25, -0.2) is 18.3 Å². The quantitative estimate of drug-likeness (QED) is 0.00731. The Morgan fingerprint density at radius 2 is 0.531 bits per heavy atom. The summed E-state index contributed by atoms with van der Waals surface area (Å²) in [5.74, 6) is 2.55. The van der Waals surface area contributed by atoms with Gasteiger partial charge in [0.05, 0.1) is 24.2 Å². The number of aryl methyl sites for hydroxylation is 8. The van der Waals surface area contributed by atoms with Crippen LogP contribution in [0.25, 0.3) is 0 Å². The van der Waals surface area contributed by atoms with Crippen molar-refractivity contribution in [1.29, 1.82) is 5.26 Å². The van der Waals surface area contributed by atoms with Crippen molar-refractivity contribution in [3.8, 4) is 29.1 Å². The van der Waals surface area contributed by atoms with Crippen molar-refractivity contribution >= 4 is 121 Å². The topological polar surface area (TPSA) is 200 Å². The predicted molar refractivity (Wildman–Crippen MR) is 647 cm³/mol. The number of carbonyl (C=O) groups excluding carboxylic acids is 1. The molecule has 0 aliphatic heterocycles.